The number of benzene rings is 1. The molecule has 3 aliphatic heterocycles. The zero-order valence-electron chi connectivity index (χ0n) is 20.7. The third-order valence-electron chi connectivity index (χ3n) is 7.64. The summed E-state index contributed by atoms with van der Waals surface area (Å²) in [5.74, 6) is -2.32. The Morgan fingerprint density at radius 2 is 2.19 bits per heavy atom. The molecule has 12 heteroatoms. The molecule has 0 saturated carbocycles. The van der Waals surface area contributed by atoms with Crippen LogP contribution >= 0.6 is 27.7 Å². The Morgan fingerprint density at radius 3 is 2.89 bits per heavy atom. The fourth-order valence-corrected chi connectivity index (χ4v) is 9.73. The highest BCUT2D eigenvalue weighted by Gasteiger charge is 2.76. The second-order valence-electron chi connectivity index (χ2n) is 9.76. The number of likely N-dealkylation sites (tertiary alicyclic amines) is 1. The van der Waals surface area contributed by atoms with E-state index in [9.17, 15) is 19.5 Å². The molecule has 1 aromatic heterocycles. The molecule has 1 N–H and O–H groups in total. The molecule has 10 nitrogen and oxygen atoms in total. The number of carbonyl (C=O) groups excluding carboxylic acids is 3. The van der Waals surface area contributed by atoms with Gasteiger partial charge in [-0.2, -0.15) is 0 Å². The minimum atomic E-state index is -0.864. The summed E-state index contributed by atoms with van der Waals surface area (Å²) >= 11 is 5.27. The summed E-state index contributed by atoms with van der Waals surface area (Å²) < 4.78 is 6.20. The lowest BCUT2D eigenvalue weighted by Crippen LogP contribution is -2.57. The van der Waals surface area contributed by atoms with Crippen LogP contribution in [0.25, 0.3) is 11.0 Å². The number of rotatable bonds is 9. The number of aliphatic hydroxyl groups is 1. The van der Waals surface area contributed by atoms with Crippen molar-refractivity contribution < 1.29 is 24.2 Å². The number of hydrogen-bond acceptors (Lipinski definition) is 8. The van der Waals surface area contributed by atoms with Gasteiger partial charge in [0.15, 0.2) is 0 Å². The van der Waals surface area contributed by atoms with Crippen LogP contribution < -0.4 is 0 Å². The summed E-state index contributed by atoms with van der Waals surface area (Å²) in [6.45, 7) is 7.55. The van der Waals surface area contributed by atoms with Crippen molar-refractivity contribution in [3.63, 3.8) is 0 Å². The number of ether oxygens (including phenoxy) is 1. The van der Waals surface area contributed by atoms with Crippen LogP contribution in [0, 0.1) is 11.8 Å². The van der Waals surface area contributed by atoms with Crippen molar-refractivity contribution in [3.05, 3.63) is 36.9 Å². The number of alkyl halides is 1. The maximum atomic E-state index is 14.4. The lowest BCUT2D eigenvalue weighted by Gasteiger charge is -2.39. The average Bonchev–Trinajstić information content (AvgIpc) is 3.60. The molecular weight excluding hydrogens is 562 g/mol. The Labute approximate surface area is 227 Å². The van der Waals surface area contributed by atoms with E-state index in [2.05, 4.69) is 32.8 Å². The van der Waals surface area contributed by atoms with Crippen LogP contribution in [0.5, 0.6) is 0 Å². The molecule has 2 amide bonds. The molecule has 3 unspecified atom stereocenters. The second kappa shape index (κ2) is 10.0. The number of halogens is 1. The molecule has 3 aliphatic rings. The van der Waals surface area contributed by atoms with Gasteiger partial charge in [0.2, 0.25) is 11.8 Å². The maximum absolute atomic E-state index is 14.4. The number of fused-ring (bicyclic) bond motifs is 2. The van der Waals surface area contributed by atoms with Gasteiger partial charge in [0.25, 0.3) is 0 Å². The van der Waals surface area contributed by atoms with Gasteiger partial charge >= 0.3 is 5.97 Å². The first-order valence-corrected chi connectivity index (χ1v) is 14.2. The van der Waals surface area contributed by atoms with Crippen LogP contribution in [0.4, 0.5) is 0 Å². The van der Waals surface area contributed by atoms with Crippen LogP contribution in [-0.4, -0.2) is 94.4 Å². The molecule has 1 spiro atoms. The Hall–Kier alpha value is -2.44. The van der Waals surface area contributed by atoms with Gasteiger partial charge in [-0.25, -0.2) is 4.68 Å². The number of aromatic nitrogens is 3. The maximum Gasteiger partial charge on any atom is 0.310 e. The Morgan fingerprint density at radius 1 is 1.43 bits per heavy atom. The van der Waals surface area contributed by atoms with E-state index in [1.165, 1.54) is 16.7 Å². The summed E-state index contributed by atoms with van der Waals surface area (Å²) in [6, 6.07) is 6.02. The van der Waals surface area contributed by atoms with Crippen molar-refractivity contribution in [3.8, 4) is 0 Å². The molecule has 2 aromatic rings. The van der Waals surface area contributed by atoms with E-state index in [-0.39, 0.29) is 48.3 Å². The molecular formula is C25H30BrN5O5S. The molecule has 198 valence electrons. The Kier molecular flexibility index (Phi) is 7.10. The topological polar surface area (TPSA) is 118 Å². The highest BCUT2D eigenvalue weighted by molar-refractivity contribution is 9.09. The van der Waals surface area contributed by atoms with Gasteiger partial charge in [-0.3, -0.25) is 14.4 Å². The minimum absolute atomic E-state index is 0.0530. The zero-order chi connectivity index (χ0) is 26.5. The molecule has 7 atom stereocenters. The normalized spacial score (nSPS) is 31.0. The number of thioether (sulfide) groups is 1. The van der Waals surface area contributed by atoms with Gasteiger partial charge in [0.1, 0.15) is 18.2 Å². The second-order valence-corrected chi connectivity index (χ2v) is 12.5. The number of para-hydroxylation sites is 1. The fourth-order valence-electron chi connectivity index (χ4n) is 6.15. The first-order chi connectivity index (χ1) is 17.8. The van der Waals surface area contributed by atoms with Gasteiger partial charge in [-0.15, -0.1) is 23.4 Å². The summed E-state index contributed by atoms with van der Waals surface area (Å²) in [5.41, 5.74) is 1.49. The van der Waals surface area contributed by atoms with Gasteiger partial charge in [0, 0.05) is 16.6 Å². The minimum Gasteiger partial charge on any atom is -0.466 e. The van der Waals surface area contributed by atoms with E-state index < -0.39 is 34.6 Å². The molecule has 3 fully saturated rings. The van der Waals surface area contributed by atoms with Crippen LogP contribution in [-0.2, 0) is 25.8 Å². The predicted molar refractivity (Wildman–Crippen MR) is 142 cm³/mol. The van der Waals surface area contributed by atoms with Gasteiger partial charge in [-0.05, 0) is 32.4 Å². The van der Waals surface area contributed by atoms with Crippen LogP contribution in [0.3, 0.4) is 0 Å². The quantitative estimate of drug-likeness (QED) is 0.266. The lowest BCUT2D eigenvalue weighted by atomic mass is 9.71. The van der Waals surface area contributed by atoms with E-state index in [0.717, 1.165) is 5.52 Å². The monoisotopic (exact) mass is 591 g/mol. The van der Waals surface area contributed by atoms with E-state index in [0.29, 0.717) is 11.9 Å². The highest BCUT2D eigenvalue weighted by atomic mass is 79.9. The summed E-state index contributed by atoms with van der Waals surface area (Å²) in [4.78, 5) is 44.5. The summed E-state index contributed by atoms with van der Waals surface area (Å²) in [7, 11) is 0. The van der Waals surface area contributed by atoms with Crippen molar-refractivity contribution >= 4 is 56.5 Å². The third kappa shape index (κ3) is 3.99. The van der Waals surface area contributed by atoms with E-state index in [1.54, 1.807) is 29.5 Å². The number of amides is 2. The number of nitrogens with zero attached hydrogens (tertiary/aromatic N) is 5. The standard InChI is InChI=1S/C25H30BrN5O5S/c1-4-10-29(13-30-17-9-7-6-8-16(17)27-28-30)23(34)21-25-11-15(26)20(37-25)18(24(35)36-5-2)19(25)22(33)31(21)14(3)12-32/h4,6-9,14-15,18-21,32H,1,5,10-13H2,2-3H3/t14-,15?,18-,19+,20-,21?,25?/m1/s1. The molecule has 0 radical (unpaired) electrons. The first kappa shape index (κ1) is 26.2. The van der Waals surface area contributed by atoms with Crippen LogP contribution in [0.15, 0.2) is 36.9 Å². The van der Waals surface area contributed by atoms with Crippen LogP contribution in [0.2, 0.25) is 0 Å². The molecule has 5 rings (SSSR count). The smallest absolute Gasteiger partial charge is 0.310 e. The number of hydrogen-bond donors (Lipinski definition) is 1. The van der Waals surface area contributed by atoms with Crippen molar-refractivity contribution in [2.75, 3.05) is 19.8 Å². The van der Waals surface area contributed by atoms with Gasteiger partial charge in [0.05, 0.1) is 41.4 Å². The molecule has 3 saturated heterocycles. The third-order valence-corrected chi connectivity index (χ3v) is 10.9. The van der Waals surface area contributed by atoms with Crippen molar-refractivity contribution in [2.45, 2.75) is 53.8 Å². The fraction of sp³-hybridized carbons (Fsp3) is 0.560. The molecule has 4 heterocycles. The van der Waals surface area contributed by atoms with Gasteiger partial charge in [-0.1, -0.05) is 39.4 Å². The van der Waals surface area contributed by atoms with E-state index in [4.69, 9.17) is 4.74 Å². The van der Waals surface area contributed by atoms with Crippen molar-refractivity contribution in [2.24, 2.45) is 11.8 Å². The average molecular weight is 593 g/mol. The molecule has 37 heavy (non-hydrogen) atoms. The van der Waals surface area contributed by atoms with Crippen molar-refractivity contribution in [1.29, 1.82) is 0 Å². The summed E-state index contributed by atoms with van der Waals surface area (Å²) in [5, 5.41) is 18.3. The predicted octanol–water partition coefficient (Wildman–Crippen LogP) is 1.81. The van der Waals surface area contributed by atoms with E-state index in [1.807, 2.05) is 24.3 Å². The molecule has 0 aliphatic carbocycles. The zero-order valence-corrected chi connectivity index (χ0v) is 23.1. The number of carbonyl (C=O) groups is 3. The number of aliphatic hydroxyl groups excluding tert-OH is 1. The molecule has 2 bridgehead atoms. The number of esters is 1. The highest BCUT2D eigenvalue weighted by Crippen LogP contribution is 2.68. The largest absolute Gasteiger partial charge is 0.466 e. The van der Waals surface area contributed by atoms with Gasteiger partial charge < -0.3 is 19.6 Å². The SMILES string of the molecule is C=CCN(Cn1nnc2ccccc21)C(=O)C1N([C@H](C)CO)C(=O)[C@@H]2[C@@H](C(=O)OCC)[C@@H]3SC12CC3Br. The first-order valence-electron chi connectivity index (χ1n) is 12.4. The van der Waals surface area contributed by atoms with Crippen LogP contribution in [0.1, 0.15) is 20.3 Å². The van der Waals surface area contributed by atoms with E-state index >= 15 is 0 Å². The Balaban J connectivity index is 1.55. The summed E-state index contributed by atoms with van der Waals surface area (Å²) in [6.07, 6.45) is 2.19. The Bertz CT molecular complexity index is 1240. The van der Waals surface area contributed by atoms with Crippen molar-refractivity contribution in [1.82, 2.24) is 24.8 Å². The molecule has 1 aromatic carbocycles. The lowest BCUT2D eigenvalue weighted by molar-refractivity contribution is -0.154.